The molecule has 0 unspecified atom stereocenters. The minimum Gasteiger partial charge on any atom is -0.397 e. The lowest BCUT2D eigenvalue weighted by molar-refractivity contribution is -0.120. The van der Waals surface area contributed by atoms with E-state index in [-0.39, 0.29) is 5.91 Å². The molecule has 0 aliphatic heterocycles. The SMILES string of the molecule is CNC(=O)CCN(C)c1cc(C)c(N)cn1. The lowest BCUT2D eigenvalue weighted by atomic mass is 10.2. The molecule has 1 aromatic rings. The molecule has 0 aliphatic rings. The van der Waals surface area contributed by atoms with E-state index in [4.69, 9.17) is 5.73 Å². The van der Waals surface area contributed by atoms with Crippen molar-refractivity contribution < 1.29 is 4.79 Å². The van der Waals surface area contributed by atoms with Gasteiger partial charge in [0, 0.05) is 27.1 Å². The van der Waals surface area contributed by atoms with Crippen LogP contribution in [0.1, 0.15) is 12.0 Å². The summed E-state index contributed by atoms with van der Waals surface area (Å²) in [5, 5.41) is 2.59. The summed E-state index contributed by atoms with van der Waals surface area (Å²) in [6, 6.07) is 1.92. The molecule has 1 heterocycles. The third kappa shape index (κ3) is 3.12. The van der Waals surface area contributed by atoms with Gasteiger partial charge in [-0.3, -0.25) is 4.79 Å². The van der Waals surface area contributed by atoms with Gasteiger partial charge in [0.05, 0.1) is 11.9 Å². The number of aromatic nitrogens is 1. The highest BCUT2D eigenvalue weighted by molar-refractivity contribution is 5.76. The van der Waals surface area contributed by atoms with Crippen LogP contribution in [0.5, 0.6) is 0 Å². The zero-order valence-electron chi connectivity index (χ0n) is 9.95. The van der Waals surface area contributed by atoms with Gasteiger partial charge in [0.15, 0.2) is 0 Å². The van der Waals surface area contributed by atoms with Gasteiger partial charge < -0.3 is 16.0 Å². The number of amides is 1. The standard InChI is InChI=1S/C11H18N4O/c1-8-6-10(14-7-9(8)12)15(3)5-4-11(16)13-2/h6-7H,4-5,12H2,1-3H3,(H,13,16). The topological polar surface area (TPSA) is 71.2 Å². The summed E-state index contributed by atoms with van der Waals surface area (Å²) >= 11 is 0. The lowest BCUT2D eigenvalue weighted by Gasteiger charge is -2.18. The first kappa shape index (κ1) is 12.3. The van der Waals surface area contributed by atoms with E-state index in [0.717, 1.165) is 11.4 Å². The molecule has 5 heteroatoms. The summed E-state index contributed by atoms with van der Waals surface area (Å²) in [5.74, 6) is 0.856. The number of hydrogen-bond acceptors (Lipinski definition) is 4. The molecule has 0 fully saturated rings. The fraction of sp³-hybridized carbons (Fsp3) is 0.455. The van der Waals surface area contributed by atoms with E-state index >= 15 is 0 Å². The number of nitrogen functional groups attached to an aromatic ring is 1. The number of nitrogens with zero attached hydrogens (tertiary/aromatic N) is 2. The largest absolute Gasteiger partial charge is 0.397 e. The Morgan fingerprint density at radius 3 is 2.88 bits per heavy atom. The fourth-order valence-electron chi connectivity index (χ4n) is 1.27. The monoisotopic (exact) mass is 222 g/mol. The van der Waals surface area contributed by atoms with E-state index in [9.17, 15) is 4.79 Å². The molecule has 0 bridgehead atoms. The Labute approximate surface area is 95.7 Å². The number of nitrogens with one attached hydrogen (secondary N) is 1. The molecule has 16 heavy (non-hydrogen) atoms. The highest BCUT2D eigenvalue weighted by Crippen LogP contribution is 2.15. The van der Waals surface area contributed by atoms with E-state index in [1.54, 1.807) is 13.2 Å². The van der Waals surface area contributed by atoms with Crippen molar-refractivity contribution in [3.05, 3.63) is 17.8 Å². The van der Waals surface area contributed by atoms with Crippen LogP contribution in [0.2, 0.25) is 0 Å². The summed E-state index contributed by atoms with van der Waals surface area (Å²) in [4.78, 5) is 17.2. The van der Waals surface area contributed by atoms with Gasteiger partial charge in [0.25, 0.3) is 0 Å². The Morgan fingerprint density at radius 1 is 1.62 bits per heavy atom. The highest BCUT2D eigenvalue weighted by Gasteiger charge is 2.06. The Kier molecular flexibility index (Phi) is 4.10. The average molecular weight is 222 g/mol. The maximum Gasteiger partial charge on any atom is 0.221 e. The van der Waals surface area contributed by atoms with Crippen LogP contribution in [0.15, 0.2) is 12.3 Å². The van der Waals surface area contributed by atoms with E-state index in [1.807, 2.05) is 24.9 Å². The number of carbonyl (C=O) groups is 1. The van der Waals surface area contributed by atoms with Crippen LogP contribution in [0.4, 0.5) is 11.5 Å². The minimum absolute atomic E-state index is 0.0269. The minimum atomic E-state index is 0.0269. The first-order valence-electron chi connectivity index (χ1n) is 5.18. The van der Waals surface area contributed by atoms with E-state index in [0.29, 0.717) is 18.7 Å². The van der Waals surface area contributed by atoms with Crippen molar-refractivity contribution in [2.45, 2.75) is 13.3 Å². The first-order valence-corrected chi connectivity index (χ1v) is 5.18. The van der Waals surface area contributed by atoms with Gasteiger partial charge in [-0.05, 0) is 18.6 Å². The van der Waals surface area contributed by atoms with Crippen molar-refractivity contribution in [1.29, 1.82) is 0 Å². The van der Waals surface area contributed by atoms with Gasteiger partial charge in [0.1, 0.15) is 5.82 Å². The number of hydrogen-bond donors (Lipinski definition) is 2. The van der Waals surface area contributed by atoms with E-state index < -0.39 is 0 Å². The zero-order chi connectivity index (χ0) is 12.1. The average Bonchev–Trinajstić information content (AvgIpc) is 2.29. The quantitative estimate of drug-likeness (QED) is 0.780. The molecule has 1 amide bonds. The second-order valence-corrected chi connectivity index (χ2v) is 3.74. The number of aryl methyl sites for hydroxylation is 1. The molecule has 1 rings (SSSR count). The summed E-state index contributed by atoms with van der Waals surface area (Å²) < 4.78 is 0. The Bertz CT molecular complexity index is 378. The number of carbonyl (C=O) groups excluding carboxylic acids is 1. The molecule has 5 nitrogen and oxygen atoms in total. The third-order valence-electron chi connectivity index (χ3n) is 2.48. The van der Waals surface area contributed by atoms with Gasteiger partial charge in [-0.1, -0.05) is 0 Å². The van der Waals surface area contributed by atoms with Gasteiger partial charge in [0.2, 0.25) is 5.91 Å². The van der Waals surface area contributed by atoms with Crippen molar-refractivity contribution in [3.8, 4) is 0 Å². The molecule has 0 atom stereocenters. The molecular formula is C11H18N4O. The van der Waals surface area contributed by atoms with Crippen molar-refractivity contribution in [3.63, 3.8) is 0 Å². The van der Waals surface area contributed by atoms with Crippen LogP contribution < -0.4 is 16.0 Å². The second-order valence-electron chi connectivity index (χ2n) is 3.74. The Morgan fingerprint density at radius 2 is 2.31 bits per heavy atom. The van der Waals surface area contributed by atoms with Gasteiger partial charge in [-0.25, -0.2) is 4.98 Å². The smallest absolute Gasteiger partial charge is 0.221 e. The molecule has 88 valence electrons. The van der Waals surface area contributed by atoms with Crippen molar-refractivity contribution >= 4 is 17.4 Å². The van der Waals surface area contributed by atoms with Crippen LogP contribution >= 0.6 is 0 Å². The Balaban J connectivity index is 2.62. The molecule has 0 saturated heterocycles. The van der Waals surface area contributed by atoms with Crippen LogP contribution in [-0.4, -0.2) is 31.5 Å². The van der Waals surface area contributed by atoms with Crippen LogP contribution in [0.25, 0.3) is 0 Å². The third-order valence-corrected chi connectivity index (χ3v) is 2.48. The summed E-state index contributed by atoms with van der Waals surface area (Å²) in [6.07, 6.45) is 2.10. The molecule has 1 aromatic heterocycles. The van der Waals surface area contributed by atoms with Crippen LogP contribution in [-0.2, 0) is 4.79 Å². The normalized spacial score (nSPS) is 9.94. The van der Waals surface area contributed by atoms with Gasteiger partial charge in [-0.15, -0.1) is 0 Å². The van der Waals surface area contributed by atoms with Gasteiger partial charge in [-0.2, -0.15) is 0 Å². The molecule has 0 radical (unpaired) electrons. The summed E-state index contributed by atoms with van der Waals surface area (Å²) in [7, 11) is 3.54. The molecular weight excluding hydrogens is 204 g/mol. The van der Waals surface area contributed by atoms with Crippen molar-refractivity contribution in [2.75, 3.05) is 31.3 Å². The van der Waals surface area contributed by atoms with Gasteiger partial charge >= 0.3 is 0 Å². The zero-order valence-corrected chi connectivity index (χ0v) is 9.95. The molecule has 0 saturated carbocycles. The number of anilines is 2. The molecule has 0 aliphatic carbocycles. The lowest BCUT2D eigenvalue weighted by Crippen LogP contribution is -2.26. The predicted molar refractivity (Wildman–Crippen MR) is 65.3 cm³/mol. The molecule has 3 N–H and O–H groups in total. The van der Waals surface area contributed by atoms with Crippen LogP contribution in [0.3, 0.4) is 0 Å². The first-order chi connectivity index (χ1) is 7.54. The number of nitrogens with two attached hydrogens (primary N) is 1. The predicted octanol–water partition coefficient (Wildman–Crippen LogP) is 0.545. The summed E-state index contributed by atoms with van der Waals surface area (Å²) in [6.45, 7) is 2.57. The second kappa shape index (κ2) is 5.34. The van der Waals surface area contributed by atoms with Crippen LogP contribution in [0, 0.1) is 6.92 Å². The number of pyridine rings is 1. The fourth-order valence-corrected chi connectivity index (χ4v) is 1.27. The highest BCUT2D eigenvalue weighted by atomic mass is 16.1. The van der Waals surface area contributed by atoms with E-state index in [1.165, 1.54) is 0 Å². The molecule has 0 spiro atoms. The summed E-state index contributed by atoms with van der Waals surface area (Å²) in [5.41, 5.74) is 7.37. The maximum absolute atomic E-state index is 11.1. The van der Waals surface area contributed by atoms with Crippen molar-refractivity contribution in [1.82, 2.24) is 10.3 Å². The van der Waals surface area contributed by atoms with Crippen molar-refractivity contribution in [2.24, 2.45) is 0 Å². The Hall–Kier alpha value is -1.78. The maximum atomic E-state index is 11.1. The van der Waals surface area contributed by atoms with E-state index in [2.05, 4.69) is 10.3 Å². The molecule has 0 aromatic carbocycles. The number of rotatable bonds is 4.